The predicted molar refractivity (Wildman–Crippen MR) is 84.3 cm³/mol. The normalized spacial score (nSPS) is 15.9. The lowest BCUT2D eigenvalue weighted by Crippen LogP contribution is -2.30. The number of ketones is 1. The Hall–Kier alpha value is -0.970. The first-order valence-corrected chi connectivity index (χ1v) is 7.33. The summed E-state index contributed by atoms with van der Waals surface area (Å²) in [5, 5.41) is 10.1. The molecule has 0 radical (unpaired) electrons. The van der Waals surface area contributed by atoms with Gasteiger partial charge in [0, 0.05) is 0 Å². The van der Waals surface area contributed by atoms with Gasteiger partial charge in [0.1, 0.15) is 0 Å². The van der Waals surface area contributed by atoms with Crippen LogP contribution in [0.5, 0.6) is 0 Å². The molecule has 0 amide bonds. The summed E-state index contributed by atoms with van der Waals surface area (Å²) in [5.41, 5.74) is 11.4. The zero-order chi connectivity index (χ0) is 15.6. The summed E-state index contributed by atoms with van der Waals surface area (Å²) >= 11 is 0. The molecule has 1 unspecified atom stereocenters. The molecule has 0 aliphatic carbocycles. The van der Waals surface area contributed by atoms with Crippen LogP contribution in [0.1, 0.15) is 52.9 Å². The summed E-state index contributed by atoms with van der Waals surface area (Å²) in [5.74, 6) is -0.135. The summed E-state index contributed by atoms with van der Waals surface area (Å²) in [4.78, 5) is 11.8. The van der Waals surface area contributed by atoms with E-state index in [-0.39, 0.29) is 5.78 Å². The number of carbonyl (C=O) groups excluding carboxylic acids is 1. The zero-order valence-electron chi connectivity index (χ0n) is 13.1. The lowest BCUT2D eigenvalue weighted by Gasteiger charge is -2.18. The number of carbonyl (C=O) groups is 1. The van der Waals surface area contributed by atoms with Gasteiger partial charge >= 0.3 is 0 Å². The lowest BCUT2D eigenvalue weighted by atomic mass is 9.97. The van der Waals surface area contributed by atoms with Crippen LogP contribution in [0, 0.1) is 0 Å². The van der Waals surface area contributed by atoms with Crippen LogP contribution in [-0.2, 0) is 4.79 Å². The minimum Gasteiger partial charge on any atom is -0.386 e. The topological polar surface area (TPSA) is 89.3 Å². The minimum atomic E-state index is -0.974. The Bertz CT molecular complexity index is 342. The largest absolute Gasteiger partial charge is 0.386 e. The second kappa shape index (κ2) is 9.86. The van der Waals surface area contributed by atoms with E-state index in [9.17, 15) is 9.90 Å². The molecule has 0 rings (SSSR count). The molecule has 0 heterocycles. The molecular formula is C16H30N2O2. The first-order valence-electron chi connectivity index (χ1n) is 7.33. The minimum absolute atomic E-state index is 0.135. The van der Waals surface area contributed by atoms with Gasteiger partial charge in [0.25, 0.3) is 0 Å². The maximum atomic E-state index is 11.8. The third-order valence-electron chi connectivity index (χ3n) is 3.14. The average Bonchev–Trinajstić information content (AvgIpc) is 2.35. The molecule has 0 saturated heterocycles. The Morgan fingerprint density at radius 2 is 2.00 bits per heavy atom. The summed E-state index contributed by atoms with van der Waals surface area (Å²) in [6.07, 6.45) is 8.79. The number of nitrogens with two attached hydrogens (primary N) is 2. The van der Waals surface area contributed by atoms with Crippen molar-refractivity contribution in [3.63, 3.8) is 0 Å². The van der Waals surface area contributed by atoms with Gasteiger partial charge < -0.3 is 16.6 Å². The molecule has 0 spiro atoms. The van der Waals surface area contributed by atoms with Crippen molar-refractivity contribution in [2.75, 3.05) is 6.54 Å². The molecule has 5 N–H and O–H groups in total. The van der Waals surface area contributed by atoms with Crippen LogP contribution in [0.2, 0.25) is 0 Å². The highest BCUT2D eigenvalue weighted by Crippen LogP contribution is 2.15. The van der Waals surface area contributed by atoms with Crippen molar-refractivity contribution in [3.05, 3.63) is 23.8 Å². The fraction of sp³-hybridized carbons (Fsp3) is 0.688. The second-order valence-corrected chi connectivity index (χ2v) is 5.80. The molecule has 0 aliphatic rings. The number of hydrogen-bond acceptors (Lipinski definition) is 4. The third kappa shape index (κ3) is 9.89. The van der Waals surface area contributed by atoms with Crippen LogP contribution in [0.4, 0.5) is 0 Å². The molecule has 116 valence electrons. The van der Waals surface area contributed by atoms with Crippen molar-refractivity contribution in [1.29, 1.82) is 0 Å². The maximum Gasteiger partial charge on any atom is 0.172 e. The molecule has 0 fully saturated rings. The van der Waals surface area contributed by atoms with E-state index in [1.807, 2.05) is 13.8 Å². The zero-order valence-corrected chi connectivity index (χ0v) is 13.1. The first kappa shape index (κ1) is 19.0. The standard InChI is InChI=1S/C16H30N2O2/c1-13(2)7-6-10-16(3,20)11-9-15(19)14(18)8-4-5-12-17/h7,9,11,14,20H,4-6,8,10,12,17-18H2,1-3H3/t14-,16?/m0/s1. The number of aliphatic hydroxyl groups is 1. The Balaban J connectivity index is 4.23. The van der Waals surface area contributed by atoms with Crippen LogP contribution in [0.25, 0.3) is 0 Å². The predicted octanol–water partition coefficient (Wildman–Crippen LogP) is 2.07. The molecule has 0 aromatic rings. The number of rotatable bonds is 10. The van der Waals surface area contributed by atoms with Crippen LogP contribution < -0.4 is 11.5 Å². The number of hydrogen-bond donors (Lipinski definition) is 3. The van der Waals surface area contributed by atoms with Crippen LogP contribution in [-0.4, -0.2) is 29.1 Å². The van der Waals surface area contributed by atoms with Crippen molar-refractivity contribution in [2.45, 2.75) is 64.5 Å². The van der Waals surface area contributed by atoms with Crippen LogP contribution in [0.15, 0.2) is 23.8 Å². The number of unbranched alkanes of at least 4 members (excludes halogenated alkanes) is 1. The van der Waals surface area contributed by atoms with E-state index in [2.05, 4.69) is 6.08 Å². The van der Waals surface area contributed by atoms with Gasteiger partial charge in [-0.2, -0.15) is 0 Å². The Morgan fingerprint density at radius 1 is 1.35 bits per heavy atom. The molecule has 2 atom stereocenters. The molecule has 20 heavy (non-hydrogen) atoms. The Kier molecular flexibility index (Phi) is 9.38. The molecule has 0 aromatic heterocycles. The van der Waals surface area contributed by atoms with Gasteiger partial charge in [-0.1, -0.05) is 18.1 Å². The SMILES string of the molecule is CC(C)=CCCC(C)(O)C=CC(=O)[C@@H](N)CCCCN. The van der Waals surface area contributed by atoms with Crippen LogP contribution in [0.3, 0.4) is 0 Å². The van der Waals surface area contributed by atoms with Crippen LogP contribution >= 0.6 is 0 Å². The van der Waals surface area contributed by atoms with Gasteiger partial charge in [-0.05, 0) is 65.2 Å². The summed E-state index contributed by atoms with van der Waals surface area (Å²) in [7, 11) is 0. The molecule has 0 bridgehead atoms. The van der Waals surface area contributed by atoms with Gasteiger partial charge in [-0.15, -0.1) is 0 Å². The first-order chi connectivity index (χ1) is 9.28. The maximum absolute atomic E-state index is 11.8. The van der Waals surface area contributed by atoms with E-state index < -0.39 is 11.6 Å². The van der Waals surface area contributed by atoms with Crippen molar-refractivity contribution in [1.82, 2.24) is 0 Å². The van der Waals surface area contributed by atoms with E-state index in [1.165, 1.54) is 11.6 Å². The van der Waals surface area contributed by atoms with Crippen molar-refractivity contribution < 1.29 is 9.90 Å². The quantitative estimate of drug-likeness (QED) is 0.325. The average molecular weight is 282 g/mol. The Labute approximate surface area is 122 Å². The summed E-state index contributed by atoms with van der Waals surface area (Å²) in [6, 6.07) is -0.494. The van der Waals surface area contributed by atoms with Crippen molar-refractivity contribution in [3.8, 4) is 0 Å². The molecular weight excluding hydrogens is 252 g/mol. The van der Waals surface area contributed by atoms with Crippen molar-refractivity contribution >= 4 is 5.78 Å². The highest BCUT2D eigenvalue weighted by molar-refractivity contribution is 5.94. The van der Waals surface area contributed by atoms with Gasteiger partial charge in [0.2, 0.25) is 0 Å². The van der Waals surface area contributed by atoms with Crippen molar-refractivity contribution in [2.24, 2.45) is 11.5 Å². The smallest absolute Gasteiger partial charge is 0.172 e. The van der Waals surface area contributed by atoms with Gasteiger partial charge in [0.15, 0.2) is 5.78 Å². The summed E-state index contributed by atoms with van der Waals surface area (Å²) < 4.78 is 0. The van der Waals surface area contributed by atoms with Gasteiger partial charge in [-0.3, -0.25) is 4.79 Å². The Morgan fingerprint density at radius 3 is 2.55 bits per heavy atom. The van der Waals surface area contributed by atoms with E-state index in [1.54, 1.807) is 13.0 Å². The molecule has 0 aromatic carbocycles. The lowest BCUT2D eigenvalue weighted by molar-refractivity contribution is -0.116. The molecule has 4 heteroatoms. The molecule has 0 aliphatic heterocycles. The summed E-state index contributed by atoms with van der Waals surface area (Å²) in [6.45, 7) is 6.37. The van der Waals surface area contributed by atoms with E-state index in [0.717, 1.165) is 19.3 Å². The van der Waals surface area contributed by atoms with E-state index in [4.69, 9.17) is 11.5 Å². The second-order valence-electron chi connectivity index (χ2n) is 5.80. The highest BCUT2D eigenvalue weighted by atomic mass is 16.3. The molecule has 0 saturated carbocycles. The monoisotopic (exact) mass is 282 g/mol. The van der Waals surface area contributed by atoms with E-state index in [0.29, 0.717) is 19.4 Å². The third-order valence-corrected chi connectivity index (χ3v) is 3.14. The number of allylic oxidation sites excluding steroid dienone is 2. The molecule has 4 nitrogen and oxygen atoms in total. The highest BCUT2D eigenvalue weighted by Gasteiger charge is 2.17. The van der Waals surface area contributed by atoms with E-state index >= 15 is 0 Å². The van der Waals surface area contributed by atoms with Gasteiger partial charge in [0.05, 0.1) is 11.6 Å². The fourth-order valence-corrected chi connectivity index (χ4v) is 1.77. The van der Waals surface area contributed by atoms with Gasteiger partial charge in [-0.25, -0.2) is 0 Å². The fourth-order valence-electron chi connectivity index (χ4n) is 1.77.